The first-order chi connectivity index (χ1) is 13.8. The van der Waals surface area contributed by atoms with Crippen LogP contribution in [0.3, 0.4) is 0 Å². The molecule has 3 aromatic rings. The molecule has 0 aliphatic carbocycles. The van der Waals surface area contributed by atoms with E-state index in [0.717, 1.165) is 17.7 Å². The Bertz CT molecular complexity index is 957. The molecule has 3 N–H and O–H groups in total. The van der Waals surface area contributed by atoms with Crippen LogP contribution in [0.5, 0.6) is 0 Å². The van der Waals surface area contributed by atoms with E-state index in [2.05, 4.69) is 5.32 Å². The molecule has 29 heavy (non-hydrogen) atoms. The molecule has 0 heterocycles. The molecular formula is C22H19F4N2O+. The standard InChI is InChI=1S/C22H18F4N2O/c23-18-11-9-15(10-12-18)14-27-20(16-5-2-1-3-6-16)21(29)28-19-8-4-7-17(13-19)22(24,25)26/h1-13,20,27H,14H2,(H,28,29)/p+1/t20-/m0/s1. The molecule has 0 aliphatic heterocycles. The summed E-state index contributed by atoms with van der Waals surface area (Å²) in [7, 11) is 0. The quantitative estimate of drug-likeness (QED) is 0.593. The Morgan fingerprint density at radius 1 is 0.931 bits per heavy atom. The normalized spacial score (nSPS) is 12.4. The van der Waals surface area contributed by atoms with Gasteiger partial charge in [-0.2, -0.15) is 13.2 Å². The first-order valence-electron chi connectivity index (χ1n) is 8.94. The van der Waals surface area contributed by atoms with Crippen molar-refractivity contribution in [2.45, 2.75) is 18.8 Å². The van der Waals surface area contributed by atoms with E-state index in [9.17, 15) is 22.4 Å². The number of amides is 1. The summed E-state index contributed by atoms with van der Waals surface area (Å²) < 4.78 is 51.8. The molecule has 0 radical (unpaired) electrons. The Labute approximate surface area is 165 Å². The van der Waals surface area contributed by atoms with Crippen LogP contribution >= 0.6 is 0 Å². The van der Waals surface area contributed by atoms with Gasteiger partial charge in [0.2, 0.25) is 0 Å². The highest BCUT2D eigenvalue weighted by Crippen LogP contribution is 2.30. The molecule has 3 aromatic carbocycles. The molecule has 1 amide bonds. The summed E-state index contributed by atoms with van der Waals surface area (Å²) >= 11 is 0. The highest BCUT2D eigenvalue weighted by Gasteiger charge is 2.31. The lowest BCUT2D eigenvalue weighted by Gasteiger charge is -2.17. The zero-order valence-electron chi connectivity index (χ0n) is 15.3. The summed E-state index contributed by atoms with van der Waals surface area (Å²) in [4.78, 5) is 12.9. The number of quaternary nitrogens is 1. The van der Waals surface area contributed by atoms with E-state index in [1.165, 1.54) is 24.3 Å². The summed E-state index contributed by atoms with van der Waals surface area (Å²) in [6.45, 7) is 0.399. The number of nitrogens with one attached hydrogen (secondary N) is 1. The number of carbonyl (C=O) groups is 1. The molecule has 3 nitrogen and oxygen atoms in total. The number of hydrogen-bond acceptors (Lipinski definition) is 1. The second-order valence-electron chi connectivity index (χ2n) is 6.52. The smallest absolute Gasteiger partial charge is 0.328 e. The predicted octanol–water partition coefficient (Wildman–Crippen LogP) is 4.29. The van der Waals surface area contributed by atoms with E-state index in [4.69, 9.17) is 0 Å². The number of alkyl halides is 3. The first kappa shape index (κ1) is 20.5. The van der Waals surface area contributed by atoms with Gasteiger partial charge in [-0.3, -0.25) is 4.79 Å². The maximum atomic E-state index is 13.1. The van der Waals surface area contributed by atoms with E-state index in [1.807, 2.05) is 6.07 Å². The van der Waals surface area contributed by atoms with Gasteiger partial charge in [-0.25, -0.2) is 4.39 Å². The molecule has 1 atom stereocenters. The fourth-order valence-corrected chi connectivity index (χ4v) is 2.92. The summed E-state index contributed by atoms with van der Waals surface area (Å²) in [6.07, 6.45) is -4.49. The van der Waals surface area contributed by atoms with Crippen molar-refractivity contribution in [3.8, 4) is 0 Å². The molecule has 0 saturated carbocycles. The van der Waals surface area contributed by atoms with Gasteiger partial charge >= 0.3 is 6.18 Å². The predicted molar refractivity (Wildman–Crippen MR) is 101 cm³/mol. The monoisotopic (exact) mass is 403 g/mol. The highest BCUT2D eigenvalue weighted by atomic mass is 19.4. The molecule has 7 heteroatoms. The Balaban J connectivity index is 1.78. The van der Waals surface area contributed by atoms with E-state index in [1.54, 1.807) is 41.7 Å². The van der Waals surface area contributed by atoms with Crippen molar-refractivity contribution in [1.29, 1.82) is 0 Å². The van der Waals surface area contributed by atoms with Gasteiger partial charge in [-0.05, 0) is 30.3 Å². The number of halogens is 4. The van der Waals surface area contributed by atoms with Gasteiger partial charge in [0.05, 0.1) is 5.56 Å². The first-order valence-corrected chi connectivity index (χ1v) is 8.94. The molecule has 0 aliphatic rings. The van der Waals surface area contributed by atoms with Crippen molar-refractivity contribution < 1.29 is 27.7 Å². The van der Waals surface area contributed by atoms with Crippen LogP contribution in [0.25, 0.3) is 0 Å². The SMILES string of the molecule is O=C(Nc1cccc(C(F)(F)F)c1)[C@@H]([NH2+]Cc1ccc(F)cc1)c1ccccc1. The van der Waals surface area contributed by atoms with Crippen molar-refractivity contribution in [2.75, 3.05) is 5.32 Å². The van der Waals surface area contributed by atoms with Gasteiger partial charge in [0.1, 0.15) is 12.4 Å². The fraction of sp³-hybridized carbons (Fsp3) is 0.136. The molecule has 0 fully saturated rings. The minimum Gasteiger partial charge on any atom is -0.328 e. The maximum absolute atomic E-state index is 13.1. The number of nitrogens with two attached hydrogens (primary N) is 1. The molecule has 150 valence electrons. The van der Waals surface area contributed by atoms with Crippen LogP contribution in [-0.2, 0) is 17.5 Å². The number of anilines is 1. The maximum Gasteiger partial charge on any atom is 0.416 e. The Kier molecular flexibility index (Phi) is 6.29. The second-order valence-corrected chi connectivity index (χ2v) is 6.52. The molecule has 0 saturated heterocycles. The van der Waals surface area contributed by atoms with Gasteiger partial charge in [-0.15, -0.1) is 0 Å². The zero-order valence-corrected chi connectivity index (χ0v) is 15.3. The average Bonchev–Trinajstić information content (AvgIpc) is 2.70. The van der Waals surface area contributed by atoms with Gasteiger partial charge < -0.3 is 10.6 Å². The van der Waals surface area contributed by atoms with Crippen LogP contribution in [-0.4, -0.2) is 5.91 Å². The van der Waals surface area contributed by atoms with Gasteiger partial charge in [0.25, 0.3) is 5.91 Å². The van der Waals surface area contributed by atoms with Crippen molar-refractivity contribution in [3.63, 3.8) is 0 Å². The van der Waals surface area contributed by atoms with Gasteiger partial charge in [0.15, 0.2) is 6.04 Å². The van der Waals surface area contributed by atoms with Crippen LogP contribution in [0, 0.1) is 5.82 Å². The minimum absolute atomic E-state index is 0.0703. The summed E-state index contributed by atoms with van der Waals surface area (Å²) in [5, 5.41) is 4.32. The van der Waals surface area contributed by atoms with E-state index in [0.29, 0.717) is 12.1 Å². The molecule has 3 rings (SSSR count). The van der Waals surface area contributed by atoms with Crippen molar-refractivity contribution in [2.24, 2.45) is 0 Å². The largest absolute Gasteiger partial charge is 0.416 e. The van der Waals surface area contributed by atoms with Crippen LogP contribution < -0.4 is 10.6 Å². The third-order valence-electron chi connectivity index (χ3n) is 4.40. The van der Waals surface area contributed by atoms with Crippen LogP contribution in [0.2, 0.25) is 0 Å². The summed E-state index contributed by atoms with van der Waals surface area (Å²) in [5.74, 6) is -0.798. The Morgan fingerprint density at radius 2 is 1.62 bits per heavy atom. The van der Waals surface area contributed by atoms with Gasteiger partial charge in [0, 0.05) is 16.8 Å². The Morgan fingerprint density at radius 3 is 2.28 bits per heavy atom. The molecule has 0 unspecified atom stereocenters. The number of hydrogen-bond donors (Lipinski definition) is 2. The molecule has 0 bridgehead atoms. The van der Waals surface area contributed by atoms with Gasteiger partial charge in [-0.1, -0.05) is 48.5 Å². The number of rotatable bonds is 6. The zero-order chi connectivity index (χ0) is 20.9. The van der Waals surface area contributed by atoms with Crippen molar-refractivity contribution >= 4 is 11.6 Å². The third-order valence-corrected chi connectivity index (χ3v) is 4.40. The number of benzene rings is 3. The highest BCUT2D eigenvalue weighted by molar-refractivity contribution is 5.94. The molecule has 0 spiro atoms. The molecular weight excluding hydrogens is 384 g/mol. The lowest BCUT2D eigenvalue weighted by atomic mass is 10.1. The van der Waals surface area contributed by atoms with Crippen LogP contribution in [0.1, 0.15) is 22.7 Å². The van der Waals surface area contributed by atoms with Crippen molar-refractivity contribution in [1.82, 2.24) is 0 Å². The minimum atomic E-state index is -4.49. The van der Waals surface area contributed by atoms with Crippen molar-refractivity contribution in [3.05, 3.63) is 101 Å². The average molecular weight is 403 g/mol. The second kappa shape index (κ2) is 8.87. The Hall–Kier alpha value is -3.19. The van der Waals surface area contributed by atoms with E-state index < -0.39 is 23.7 Å². The fourth-order valence-electron chi connectivity index (χ4n) is 2.92. The van der Waals surface area contributed by atoms with E-state index in [-0.39, 0.29) is 11.5 Å². The summed E-state index contributed by atoms with van der Waals surface area (Å²) in [5.41, 5.74) is 0.765. The van der Waals surface area contributed by atoms with E-state index >= 15 is 0 Å². The van der Waals surface area contributed by atoms with Crippen LogP contribution in [0.4, 0.5) is 23.2 Å². The topological polar surface area (TPSA) is 45.7 Å². The van der Waals surface area contributed by atoms with Crippen LogP contribution in [0.15, 0.2) is 78.9 Å². The molecule has 0 aromatic heterocycles. The lowest BCUT2D eigenvalue weighted by Crippen LogP contribution is -2.85. The number of carbonyl (C=O) groups excluding carboxylic acids is 1. The lowest BCUT2D eigenvalue weighted by molar-refractivity contribution is -0.697. The third kappa shape index (κ3) is 5.65. The summed E-state index contributed by atoms with van der Waals surface area (Å²) in [6, 6.07) is 18.7.